The van der Waals surface area contributed by atoms with Crippen LogP contribution in [0.3, 0.4) is 0 Å². The molecule has 4 atom stereocenters. The average molecular weight is 394 g/mol. The maximum atomic E-state index is 12.4. The molecule has 2 fully saturated rings. The number of phenols is 2. The van der Waals surface area contributed by atoms with Gasteiger partial charge in [-0.3, -0.25) is 4.79 Å². The van der Waals surface area contributed by atoms with Crippen molar-refractivity contribution in [2.45, 2.75) is 69.4 Å². The number of rotatable bonds is 4. The lowest BCUT2D eigenvalue weighted by Gasteiger charge is -2.32. The highest BCUT2D eigenvalue weighted by atomic mass is 16.6. The van der Waals surface area contributed by atoms with E-state index in [0.717, 1.165) is 12.5 Å². The zero-order valence-corrected chi connectivity index (χ0v) is 15.5. The van der Waals surface area contributed by atoms with E-state index in [-0.39, 0.29) is 36.3 Å². The number of aliphatic hydroxyl groups is 2. The van der Waals surface area contributed by atoms with E-state index in [2.05, 4.69) is 0 Å². The lowest BCUT2D eigenvalue weighted by Crippen LogP contribution is -2.37. The fourth-order valence-corrected chi connectivity index (χ4v) is 3.96. The second-order valence-electron chi connectivity index (χ2n) is 7.70. The number of esters is 2. The van der Waals surface area contributed by atoms with Crippen molar-refractivity contribution in [3.63, 3.8) is 0 Å². The van der Waals surface area contributed by atoms with Crippen molar-refractivity contribution in [2.24, 2.45) is 5.92 Å². The number of carbonyl (C=O) groups is 2. The molecule has 0 radical (unpaired) electrons. The highest BCUT2D eigenvalue weighted by Crippen LogP contribution is 2.30. The van der Waals surface area contributed by atoms with Crippen LogP contribution in [0.15, 0.2) is 18.2 Å². The van der Waals surface area contributed by atoms with Gasteiger partial charge in [-0.1, -0.05) is 0 Å². The molecule has 0 spiro atoms. The van der Waals surface area contributed by atoms with Gasteiger partial charge in [-0.15, -0.1) is 0 Å². The van der Waals surface area contributed by atoms with Gasteiger partial charge in [0.25, 0.3) is 0 Å². The molecule has 0 aliphatic heterocycles. The smallest absolute Gasteiger partial charge is 0.338 e. The molecule has 0 amide bonds. The van der Waals surface area contributed by atoms with Crippen LogP contribution in [-0.4, -0.2) is 56.8 Å². The topological polar surface area (TPSA) is 134 Å². The normalized spacial score (nSPS) is 30.4. The van der Waals surface area contributed by atoms with Gasteiger partial charge in [0.05, 0.1) is 23.7 Å². The van der Waals surface area contributed by atoms with E-state index in [0.29, 0.717) is 19.3 Å². The van der Waals surface area contributed by atoms with E-state index in [9.17, 15) is 30.0 Å². The van der Waals surface area contributed by atoms with Gasteiger partial charge < -0.3 is 29.9 Å². The summed E-state index contributed by atoms with van der Waals surface area (Å²) in [5, 5.41) is 38.4. The van der Waals surface area contributed by atoms with Crippen LogP contribution in [0.4, 0.5) is 0 Å². The third kappa shape index (κ3) is 5.36. The van der Waals surface area contributed by atoms with Crippen LogP contribution in [0, 0.1) is 5.92 Å². The minimum Gasteiger partial charge on any atom is -0.508 e. The molecule has 2 aliphatic rings. The van der Waals surface area contributed by atoms with Gasteiger partial charge in [0, 0.05) is 12.5 Å². The molecule has 3 rings (SSSR count). The summed E-state index contributed by atoms with van der Waals surface area (Å²) in [5.41, 5.74) is 0.0433. The summed E-state index contributed by atoms with van der Waals surface area (Å²) in [4.78, 5) is 24.6. The van der Waals surface area contributed by atoms with Crippen LogP contribution in [0.1, 0.15) is 55.3 Å². The van der Waals surface area contributed by atoms with Gasteiger partial charge in [-0.25, -0.2) is 4.79 Å². The summed E-state index contributed by atoms with van der Waals surface area (Å²) < 4.78 is 11.0. The minimum atomic E-state index is -0.708. The van der Waals surface area contributed by atoms with Gasteiger partial charge in [-0.05, 0) is 50.7 Å². The molecule has 8 nitrogen and oxygen atoms in total. The average Bonchev–Trinajstić information content (AvgIpc) is 2.60. The molecular formula is C20H26O8. The Hall–Kier alpha value is -2.32. The molecule has 0 heterocycles. The van der Waals surface area contributed by atoms with E-state index < -0.39 is 42.3 Å². The molecule has 8 heteroatoms. The number of aromatic hydroxyl groups is 2. The molecular weight excluding hydrogens is 368 g/mol. The zero-order valence-electron chi connectivity index (χ0n) is 15.5. The molecule has 4 unspecified atom stereocenters. The lowest BCUT2D eigenvalue weighted by atomic mass is 9.85. The standard InChI is InChI=1S/C20H26O8/c21-13-4-11(5-14(22)8-13)19(25)27-17-2-1-3-18(10-17)28-20(26)12-6-15(23)9-16(24)7-12/h4-5,8,12,15-18,21-24H,1-3,6-7,9-10H2. The number of carbonyl (C=O) groups excluding carboxylic acids is 2. The van der Waals surface area contributed by atoms with Gasteiger partial charge in [-0.2, -0.15) is 0 Å². The molecule has 0 saturated heterocycles. The highest BCUT2D eigenvalue weighted by molar-refractivity contribution is 5.90. The third-order valence-corrected chi connectivity index (χ3v) is 5.26. The first-order chi connectivity index (χ1) is 13.3. The number of hydrogen-bond donors (Lipinski definition) is 4. The predicted octanol–water partition coefficient (Wildman–Crippen LogP) is 1.63. The Balaban J connectivity index is 1.53. The molecule has 4 N–H and O–H groups in total. The lowest BCUT2D eigenvalue weighted by molar-refractivity contribution is -0.161. The Morgan fingerprint density at radius 2 is 1.39 bits per heavy atom. The summed E-state index contributed by atoms with van der Waals surface area (Å²) >= 11 is 0. The molecule has 2 saturated carbocycles. The summed E-state index contributed by atoms with van der Waals surface area (Å²) in [6.45, 7) is 0. The summed E-state index contributed by atoms with van der Waals surface area (Å²) in [6, 6.07) is 3.54. The van der Waals surface area contributed by atoms with Crippen LogP contribution in [0.25, 0.3) is 0 Å². The molecule has 1 aromatic carbocycles. The number of benzene rings is 1. The Kier molecular flexibility index (Phi) is 6.41. The number of aliphatic hydroxyl groups excluding tert-OH is 2. The van der Waals surface area contributed by atoms with Gasteiger partial charge in [0.1, 0.15) is 23.7 Å². The number of phenolic OH excluding ortho intramolecular Hbond substituents is 2. The van der Waals surface area contributed by atoms with Crippen LogP contribution >= 0.6 is 0 Å². The van der Waals surface area contributed by atoms with Crippen LogP contribution < -0.4 is 0 Å². The summed E-state index contributed by atoms with van der Waals surface area (Å²) in [5.74, 6) is -2.11. The van der Waals surface area contributed by atoms with Crippen molar-refractivity contribution in [3.05, 3.63) is 23.8 Å². The van der Waals surface area contributed by atoms with E-state index in [1.807, 2.05) is 0 Å². The molecule has 154 valence electrons. The van der Waals surface area contributed by atoms with Gasteiger partial charge in [0.2, 0.25) is 0 Å². The van der Waals surface area contributed by atoms with Crippen molar-refractivity contribution in [1.82, 2.24) is 0 Å². The Morgan fingerprint density at radius 1 is 0.821 bits per heavy atom. The second-order valence-corrected chi connectivity index (χ2v) is 7.70. The van der Waals surface area contributed by atoms with Crippen molar-refractivity contribution in [1.29, 1.82) is 0 Å². The van der Waals surface area contributed by atoms with Gasteiger partial charge >= 0.3 is 11.9 Å². The largest absolute Gasteiger partial charge is 0.508 e. The summed E-state index contributed by atoms with van der Waals surface area (Å²) in [6.07, 6.45) is 0.951. The monoisotopic (exact) mass is 394 g/mol. The Labute approximate surface area is 162 Å². The Morgan fingerprint density at radius 3 is 2.00 bits per heavy atom. The highest BCUT2D eigenvalue weighted by Gasteiger charge is 2.35. The number of ether oxygens (including phenoxy) is 2. The van der Waals surface area contributed by atoms with Crippen molar-refractivity contribution < 1.29 is 39.5 Å². The zero-order chi connectivity index (χ0) is 20.3. The molecule has 28 heavy (non-hydrogen) atoms. The first kappa shape index (κ1) is 20.4. The molecule has 1 aromatic rings. The molecule has 0 aromatic heterocycles. The van der Waals surface area contributed by atoms with Crippen molar-refractivity contribution in [2.75, 3.05) is 0 Å². The SMILES string of the molecule is O=C(OC1CCCC(OC(=O)C2CC(O)CC(O)C2)C1)c1cc(O)cc(O)c1. The van der Waals surface area contributed by atoms with Crippen LogP contribution in [0.5, 0.6) is 11.5 Å². The third-order valence-electron chi connectivity index (χ3n) is 5.26. The van der Waals surface area contributed by atoms with E-state index >= 15 is 0 Å². The van der Waals surface area contributed by atoms with E-state index in [1.165, 1.54) is 12.1 Å². The van der Waals surface area contributed by atoms with E-state index in [4.69, 9.17) is 9.47 Å². The van der Waals surface area contributed by atoms with Crippen LogP contribution in [-0.2, 0) is 14.3 Å². The van der Waals surface area contributed by atoms with E-state index in [1.54, 1.807) is 0 Å². The van der Waals surface area contributed by atoms with Crippen molar-refractivity contribution >= 4 is 11.9 Å². The number of hydrogen-bond acceptors (Lipinski definition) is 8. The fraction of sp³-hybridized carbons (Fsp3) is 0.600. The van der Waals surface area contributed by atoms with Gasteiger partial charge in [0.15, 0.2) is 0 Å². The van der Waals surface area contributed by atoms with Crippen molar-refractivity contribution in [3.8, 4) is 11.5 Å². The Bertz CT molecular complexity index is 688. The van der Waals surface area contributed by atoms with Crippen LogP contribution in [0.2, 0.25) is 0 Å². The molecule has 2 aliphatic carbocycles. The maximum Gasteiger partial charge on any atom is 0.338 e. The fourth-order valence-electron chi connectivity index (χ4n) is 3.96. The second kappa shape index (κ2) is 8.79. The molecule has 0 bridgehead atoms. The predicted molar refractivity (Wildman–Crippen MR) is 96.7 cm³/mol. The first-order valence-corrected chi connectivity index (χ1v) is 9.60. The summed E-state index contributed by atoms with van der Waals surface area (Å²) in [7, 11) is 0. The quantitative estimate of drug-likeness (QED) is 0.566. The first-order valence-electron chi connectivity index (χ1n) is 9.60. The maximum absolute atomic E-state index is 12.4. The minimum absolute atomic E-state index is 0.0433.